The van der Waals surface area contributed by atoms with E-state index in [-0.39, 0.29) is 0 Å². The molecule has 0 radical (unpaired) electrons. The molecule has 31 heavy (non-hydrogen) atoms. The highest BCUT2D eigenvalue weighted by atomic mass is 15.0. The Morgan fingerprint density at radius 1 is 0.484 bits per heavy atom. The zero-order valence-corrected chi connectivity index (χ0v) is 17.0. The van der Waals surface area contributed by atoms with Crippen LogP contribution in [0.2, 0.25) is 0 Å². The summed E-state index contributed by atoms with van der Waals surface area (Å²) in [6.45, 7) is 1.89. The van der Waals surface area contributed by atoms with E-state index >= 15 is 0 Å². The van der Waals surface area contributed by atoms with Gasteiger partial charge in [0.15, 0.2) is 11.6 Å². The van der Waals surface area contributed by atoms with Crippen LogP contribution in [0.3, 0.4) is 0 Å². The first-order valence-electron chi connectivity index (χ1n) is 10.0. The molecule has 5 nitrogen and oxygen atoms in total. The van der Waals surface area contributed by atoms with E-state index in [9.17, 15) is 0 Å². The summed E-state index contributed by atoms with van der Waals surface area (Å²) in [5.74, 6) is 1.98. The quantitative estimate of drug-likeness (QED) is 0.390. The average Bonchev–Trinajstić information content (AvgIpc) is 2.85. The third-order valence-corrected chi connectivity index (χ3v) is 4.98. The second-order valence-corrected chi connectivity index (χ2v) is 7.17. The summed E-state index contributed by atoms with van der Waals surface area (Å²) in [6.07, 6.45) is 7.25. The summed E-state index contributed by atoms with van der Waals surface area (Å²) in [5.41, 5.74) is 6.14. The number of hydrogen-bond acceptors (Lipinski definition) is 5. The van der Waals surface area contributed by atoms with Gasteiger partial charge in [0, 0.05) is 47.0 Å². The lowest BCUT2D eigenvalue weighted by Gasteiger charge is -2.09. The molecule has 0 N–H and O–H groups in total. The van der Waals surface area contributed by atoms with Gasteiger partial charge in [-0.3, -0.25) is 9.97 Å². The maximum atomic E-state index is 4.79. The zero-order valence-electron chi connectivity index (χ0n) is 17.0. The number of nitrogens with zero attached hydrogens (tertiary/aromatic N) is 5. The number of aryl methyl sites for hydroxylation is 1. The third kappa shape index (κ3) is 4.07. The van der Waals surface area contributed by atoms with Gasteiger partial charge in [0.05, 0.1) is 0 Å². The molecule has 0 bridgehead atoms. The molecule has 0 aliphatic carbocycles. The van der Waals surface area contributed by atoms with Gasteiger partial charge in [0.2, 0.25) is 0 Å². The van der Waals surface area contributed by atoms with Crippen molar-refractivity contribution in [2.24, 2.45) is 0 Å². The van der Waals surface area contributed by atoms with Crippen molar-refractivity contribution < 1.29 is 0 Å². The second kappa shape index (κ2) is 8.24. The van der Waals surface area contributed by atoms with Crippen LogP contribution in [0.15, 0.2) is 97.6 Å². The van der Waals surface area contributed by atoms with Crippen LogP contribution in [0.5, 0.6) is 0 Å². The molecular weight excluding hydrogens is 382 g/mol. The summed E-state index contributed by atoms with van der Waals surface area (Å²) >= 11 is 0. The van der Waals surface area contributed by atoms with Crippen molar-refractivity contribution in [3.63, 3.8) is 0 Å². The van der Waals surface area contributed by atoms with E-state index in [4.69, 9.17) is 4.98 Å². The third-order valence-electron chi connectivity index (χ3n) is 4.98. The molecule has 0 amide bonds. The van der Waals surface area contributed by atoms with Crippen molar-refractivity contribution in [2.75, 3.05) is 0 Å². The van der Waals surface area contributed by atoms with Crippen LogP contribution in [-0.2, 0) is 0 Å². The molecule has 5 heteroatoms. The maximum absolute atomic E-state index is 4.79. The van der Waals surface area contributed by atoms with Crippen LogP contribution >= 0.6 is 0 Å². The molecule has 148 valence electrons. The molecule has 3 aromatic heterocycles. The van der Waals surface area contributed by atoms with E-state index in [1.54, 1.807) is 12.4 Å². The van der Waals surface area contributed by atoms with E-state index in [1.807, 2.05) is 67.8 Å². The van der Waals surface area contributed by atoms with E-state index in [1.165, 1.54) is 0 Å². The molecule has 0 aliphatic heterocycles. The fourth-order valence-corrected chi connectivity index (χ4v) is 3.48. The Balaban J connectivity index is 1.56. The molecule has 0 unspecified atom stereocenters. The summed E-state index contributed by atoms with van der Waals surface area (Å²) in [4.78, 5) is 22.4. The summed E-state index contributed by atoms with van der Waals surface area (Å²) < 4.78 is 0. The molecule has 2 aromatic carbocycles. The van der Waals surface area contributed by atoms with Gasteiger partial charge < -0.3 is 0 Å². The minimum atomic E-state index is 0.653. The fourth-order valence-electron chi connectivity index (χ4n) is 3.48. The average molecular weight is 401 g/mol. The van der Waals surface area contributed by atoms with Crippen LogP contribution in [0.1, 0.15) is 5.82 Å². The Labute approximate surface area is 180 Å². The molecular formula is C26H19N5. The Morgan fingerprint density at radius 2 is 0.935 bits per heavy atom. The van der Waals surface area contributed by atoms with Crippen LogP contribution in [-0.4, -0.2) is 24.9 Å². The minimum absolute atomic E-state index is 0.653. The maximum Gasteiger partial charge on any atom is 0.163 e. The van der Waals surface area contributed by atoms with E-state index in [2.05, 4.69) is 44.2 Å². The molecule has 5 rings (SSSR count). The number of rotatable bonds is 4. The first-order valence-corrected chi connectivity index (χ1v) is 10.0. The minimum Gasteiger partial charge on any atom is -0.264 e. The van der Waals surface area contributed by atoms with Gasteiger partial charge in [-0.1, -0.05) is 48.5 Å². The Bertz CT molecular complexity index is 1230. The van der Waals surface area contributed by atoms with Crippen LogP contribution in [0.25, 0.3) is 45.0 Å². The fraction of sp³-hybridized carbons (Fsp3) is 0.0385. The normalized spacial score (nSPS) is 10.7. The molecule has 3 heterocycles. The highest BCUT2D eigenvalue weighted by Gasteiger charge is 2.11. The molecule has 0 fully saturated rings. The zero-order chi connectivity index (χ0) is 21.0. The van der Waals surface area contributed by atoms with E-state index < -0.39 is 0 Å². The van der Waals surface area contributed by atoms with Gasteiger partial charge in [0.1, 0.15) is 5.82 Å². The summed E-state index contributed by atoms with van der Waals surface area (Å²) in [5, 5.41) is 0. The van der Waals surface area contributed by atoms with Gasteiger partial charge in [-0.2, -0.15) is 0 Å². The number of aromatic nitrogens is 5. The van der Waals surface area contributed by atoms with Gasteiger partial charge in [-0.15, -0.1) is 0 Å². The van der Waals surface area contributed by atoms with Gasteiger partial charge in [-0.05, 0) is 42.3 Å². The van der Waals surface area contributed by atoms with Crippen molar-refractivity contribution in [1.29, 1.82) is 0 Å². The number of hydrogen-bond donors (Lipinski definition) is 0. The van der Waals surface area contributed by atoms with Crippen molar-refractivity contribution in [2.45, 2.75) is 6.92 Å². The first-order chi connectivity index (χ1) is 15.3. The number of benzene rings is 2. The highest BCUT2D eigenvalue weighted by molar-refractivity contribution is 5.72. The van der Waals surface area contributed by atoms with Crippen molar-refractivity contribution >= 4 is 0 Å². The summed E-state index contributed by atoms with van der Waals surface area (Å²) in [6, 6.07) is 24.3. The standard InChI is InChI=1S/C26H19N5/c1-18-29-25(21-8-2-6-19(14-21)23-10-4-12-27-16-23)31-26(30-18)22-9-3-7-20(15-22)24-11-5-13-28-17-24/h2-17H,1H3. The lowest BCUT2D eigenvalue weighted by molar-refractivity contribution is 0.992. The predicted molar refractivity (Wildman–Crippen MR) is 122 cm³/mol. The predicted octanol–water partition coefficient (Wildman–Crippen LogP) is 5.64. The van der Waals surface area contributed by atoms with Crippen LogP contribution in [0, 0.1) is 6.92 Å². The molecule has 0 spiro atoms. The topological polar surface area (TPSA) is 64.5 Å². The SMILES string of the molecule is Cc1nc(-c2cccc(-c3cccnc3)c2)nc(-c2cccc(-c3cccnc3)c2)n1. The molecule has 0 atom stereocenters. The number of pyridine rings is 2. The van der Waals surface area contributed by atoms with E-state index in [0.717, 1.165) is 33.4 Å². The lowest BCUT2D eigenvalue weighted by atomic mass is 10.0. The Hall–Kier alpha value is -4.25. The lowest BCUT2D eigenvalue weighted by Crippen LogP contribution is -1.99. The Kier molecular flexibility index (Phi) is 4.99. The monoisotopic (exact) mass is 401 g/mol. The van der Waals surface area contributed by atoms with E-state index in [0.29, 0.717) is 17.5 Å². The van der Waals surface area contributed by atoms with Crippen molar-refractivity contribution in [3.05, 3.63) is 103 Å². The Morgan fingerprint density at radius 3 is 1.39 bits per heavy atom. The molecule has 0 saturated heterocycles. The smallest absolute Gasteiger partial charge is 0.163 e. The highest BCUT2D eigenvalue weighted by Crippen LogP contribution is 2.27. The van der Waals surface area contributed by atoms with Gasteiger partial charge in [0.25, 0.3) is 0 Å². The largest absolute Gasteiger partial charge is 0.264 e. The summed E-state index contributed by atoms with van der Waals surface area (Å²) in [7, 11) is 0. The second-order valence-electron chi connectivity index (χ2n) is 7.17. The van der Waals surface area contributed by atoms with Gasteiger partial charge >= 0.3 is 0 Å². The molecule has 0 saturated carbocycles. The van der Waals surface area contributed by atoms with Gasteiger partial charge in [-0.25, -0.2) is 15.0 Å². The molecule has 0 aliphatic rings. The first kappa shape index (κ1) is 18.8. The molecule has 5 aromatic rings. The van der Waals surface area contributed by atoms with Crippen molar-refractivity contribution in [3.8, 4) is 45.0 Å². The van der Waals surface area contributed by atoms with Crippen LogP contribution in [0.4, 0.5) is 0 Å². The van der Waals surface area contributed by atoms with Crippen molar-refractivity contribution in [1.82, 2.24) is 24.9 Å². The van der Waals surface area contributed by atoms with Crippen LogP contribution < -0.4 is 0 Å².